The van der Waals surface area contributed by atoms with Crippen molar-refractivity contribution in [1.82, 2.24) is 0 Å². The lowest BCUT2D eigenvalue weighted by atomic mass is 10.2. The second kappa shape index (κ2) is 19.8. The second-order valence-corrected chi connectivity index (χ2v) is 5.95. The standard InChI is InChI=1S/C9H20O3.C8H18O3/c1-2-3-4-6-11-8-9-12-7-5-10;1-8(2,3)11-7-6-10-5-4-9/h10H,2-9H2,1H3;9H,4-7H2,1-3H3. The Balaban J connectivity index is 0. The van der Waals surface area contributed by atoms with Crippen molar-refractivity contribution in [2.45, 2.75) is 52.6 Å². The van der Waals surface area contributed by atoms with E-state index in [4.69, 9.17) is 29.2 Å². The maximum Gasteiger partial charge on any atom is 0.0707 e. The van der Waals surface area contributed by atoms with Gasteiger partial charge in [-0.2, -0.15) is 0 Å². The number of rotatable bonds is 14. The van der Waals surface area contributed by atoms with E-state index in [0.29, 0.717) is 39.6 Å². The summed E-state index contributed by atoms with van der Waals surface area (Å²) in [6, 6.07) is 0. The molecule has 23 heavy (non-hydrogen) atoms. The van der Waals surface area contributed by atoms with E-state index < -0.39 is 0 Å². The zero-order valence-electron chi connectivity index (χ0n) is 15.5. The summed E-state index contributed by atoms with van der Waals surface area (Å²) in [4.78, 5) is 0. The van der Waals surface area contributed by atoms with Gasteiger partial charge in [0.05, 0.1) is 58.5 Å². The number of aliphatic hydroxyl groups is 2. The Bertz CT molecular complexity index is 196. The van der Waals surface area contributed by atoms with Crippen LogP contribution in [0.3, 0.4) is 0 Å². The summed E-state index contributed by atoms with van der Waals surface area (Å²) in [6.07, 6.45) is 3.60. The Morgan fingerprint density at radius 1 is 0.652 bits per heavy atom. The maximum atomic E-state index is 8.37. The number of ether oxygens (including phenoxy) is 4. The Morgan fingerprint density at radius 2 is 1.13 bits per heavy atom. The Morgan fingerprint density at radius 3 is 1.57 bits per heavy atom. The molecule has 0 aliphatic rings. The molecule has 0 aliphatic heterocycles. The lowest BCUT2D eigenvalue weighted by molar-refractivity contribution is -0.0384. The molecule has 0 aliphatic carbocycles. The number of unbranched alkanes of at least 4 members (excludes halogenated alkanes) is 2. The highest BCUT2D eigenvalue weighted by atomic mass is 16.5. The summed E-state index contributed by atoms with van der Waals surface area (Å²) < 4.78 is 20.7. The van der Waals surface area contributed by atoms with Gasteiger partial charge in [-0.15, -0.1) is 0 Å². The van der Waals surface area contributed by atoms with Crippen molar-refractivity contribution in [3.63, 3.8) is 0 Å². The van der Waals surface area contributed by atoms with Gasteiger partial charge in [0, 0.05) is 6.61 Å². The first kappa shape index (κ1) is 25.0. The smallest absolute Gasteiger partial charge is 0.0707 e. The van der Waals surface area contributed by atoms with E-state index in [1.54, 1.807) is 0 Å². The van der Waals surface area contributed by atoms with Gasteiger partial charge in [-0.25, -0.2) is 0 Å². The van der Waals surface area contributed by atoms with Crippen molar-refractivity contribution >= 4 is 0 Å². The lowest BCUT2D eigenvalue weighted by Gasteiger charge is -2.19. The average molecular weight is 338 g/mol. The largest absolute Gasteiger partial charge is 0.394 e. The van der Waals surface area contributed by atoms with Gasteiger partial charge in [0.2, 0.25) is 0 Å². The lowest BCUT2D eigenvalue weighted by Crippen LogP contribution is -2.22. The van der Waals surface area contributed by atoms with Gasteiger partial charge in [-0.3, -0.25) is 0 Å². The molecule has 0 radical (unpaired) electrons. The molecule has 0 heterocycles. The van der Waals surface area contributed by atoms with Crippen LogP contribution >= 0.6 is 0 Å². The highest BCUT2D eigenvalue weighted by Gasteiger charge is 2.08. The number of hydrogen-bond acceptors (Lipinski definition) is 6. The first-order valence-electron chi connectivity index (χ1n) is 8.56. The van der Waals surface area contributed by atoms with Crippen LogP contribution in [-0.4, -0.2) is 75.3 Å². The fourth-order valence-electron chi connectivity index (χ4n) is 1.41. The average Bonchev–Trinajstić information content (AvgIpc) is 2.49. The monoisotopic (exact) mass is 338 g/mol. The summed E-state index contributed by atoms with van der Waals surface area (Å²) in [5.74, 6) is 0. The minimum absolute atomic E-state index is 0.0789. The maximum absolute atomic E-state index is 8.37. The zero-order chi connectivity index (χ0) is 17.8. The van der Waals surface area contributed by atoms with Crippen LogP contribution in [-0.2, 0) is 18.9 Å². The molecule has 0 aromatic carbocycles. The van der Waals surface area contributed by atoms with Gasteiger partial charge in [0.15, 0.2) is 0 Å². The molecule has 0 saturated heterocycles. The van der Waals surface area contributed by atoms with E-state index in [2.05, 4.69) is 6.92 Å². The summed E-state index contributed by atoms with van der Waals surface area (Å²) in [6.45, 7) is 12.4. The van der Waals surface area contributed by atoms with Crippen molar-refractivity contribution in [3.05, 3.63) is 0 Å². The van der Waals surface area contributed by atoms with E-state index >= 15 is 0 Å². The van der Waals surface area contributed by atoms with E-state index in [1.165, 1.54) is 12.8 Å². The predicted molar refractivity (Wildman–Crippen MR) is 91.9 cm³/mol. The molecule has 0 atom stereocenters. The molecule has 0 saturated carbocycles. The van der Waals surface area contributed by atoms with E-state index in [1.807, 2.05) is 20.8 Å². The van der Waals surface area contributed by atoms with E-state index in [0.717, 1.165) is 13.0 Å². The van der Waals surface area contributed by atoms with Crippen LogP contribution < -0.4 is 0 Å². The van der Waals surface area contributed by atoms with Gasteiger partial charge in [0.1, 0.15) is 0 Å². The Kier molecular flexibility index (Phi) is 21.5. The summed E-state index contributed by atoms with van der Waals surface area (Å²) in [5, 5.41) is 16.7. The van der Waals surface area contributed by atoms with Crippen molar-refractivity contribution in [2.75, 3.05) is 59.5 Å². The third kappa shape index (κ3) is 30.2. The number of hydrogen-bond donors (Lipinski definition) is 2. The van der Waals surface area contributed by atoms with Crippen molar-refractivity contribution in [2.24, 2.45) is 0 Å². The second-order valence-electron chi connectivity index (χ2n) is 5.95. The summed E-state index contributed by atoms with van der Waals surface area (Å²) in [7, 11) is 0. The van der Waals surface area contributed by atoms with Crippen LogP contribution in [0.15, 0.2) is 0 Å². The quantitative estimate of drug-likeness (QED) is 0.472. The van der Waals surface area contributed by atoms with Gasteiger partial charge < -0.3 is 29.2 Å². The van der Waals surface area contributed by atoms with Crippen LogP contribution in [0.25, 0.3) is 0 Å². The molecule has 0 spiro atoms. The Hall–Kier alpha value is -0.240. The van der Waals surface area contributed by atoms with Crippen LogP contribution in [0.2, 0.25) is 0 Å². The third-order valence-electron chi connectivity index (χ3n) is 2.50. The van der Waals surface area contributed by atoms with Crippen molar-refractivity contribution < 1.29 is 29.2 Å². The minimum Gasteiger partial charge on any atom is -0.394 e. The van der Waals surface area contributed by atoms with E-state index in [-0.39, 0.29) is 18.8 Å². The van der Waals surface area contributed by atoms with Crippen LogP contribution in [0.4, 0.5) is 0 Å². The zero-order valence-corrected chi connectivity index (χ0v) is 15.5. The fraction of sp³-hybridized carbons (Fsp3) is 1.00. The van der Waals surface area contributed by atoms with Crippen molar-refractivity contribution in [1.29, 1.82) is 0 Å². The SMILES string of the molecule is CC(C)(C)OCCOCCO.CCCCCOCCOCCO. The van der Waals surface area contributed by atoms with Gasteiger partial charge >= 0.3 is 0 Å². The molecule has 142 valence electrons. The molecule has 0 rings (SSSR count). The van der Waals surface area contributed by atoms with Gasteiger partial charge in [0.25, 0.3) is 0 Å². The molecular weight excluding hydrogens is 300 g/mol. The van der Waals surface area contributed by atoms with E-state index in [9.17, 15) is 0 Å². The highest BCUT2D eigenvalue weighted by molar-refractivity contribution is 4.57. The molecule has 2 N–H and O–H groups in total. The third-order valence-corrected chi connectivity index (χ3v) is 2.50. The fourth-order valence-corrected chi connectivity index (χ4v) is 1.41. The predicted octanol–water partition coefficient (Wildman–Crippen LogP) is 2.01. The molecule has 6 nitrogen and oxygen atoms in total. The molecule has 0 fully saturated rings. The van der Waals surface area contributed by atoms with Crippen LogP contribution in [0, 0.1) is 0 Å². The number of aliphatic hydroxyl groups excluding tert-OH is 2. The first-order chi connectivity index (χ1) is 11.0. The van der Waals surface area contributed by atoms with Crippen LogP contribution in [0.1, 0.15) is 47.0 Å². The van der Waals surface area contributed by atoms with Crippen LogP contribution in [0.5, 0.6) is 0 Å². The molecule has 0 unspecified atom stereocenters. The molecule has 0 aromatic heterocycles. The first-order valence-corrected chi connectivity index (χ1v) is 8.56. The molecule has 0 amide bonds. The molecule has 0 bridgehead atoms. The van der Waals surface area contributed by atoms with Crippen molar-refractivity contribution in [3.8, 4) is 0 Å². The highest BCUT2D eigenvalue weighted by Crippen LogP contribution is 2.05. The molecular formula is C17H38O6. The summed E-state index contributed by atoms with van der Waals surface area (Å²) >= 11 is 0. The Labute approximate surface area is 142 Å². The minimum atomic E-state index is -0.0947. The van der Waals surface area contributed by atoms with Gasteiger partial charge in [-0.05, 0) is 27.2 Å². The summed E-state index contributed by atoms with van der Waals surface area (Å²) in [5.41, 5.74) is -0.0947. The topological polar surface area (TPSA) is 77.4 Å². The molecule has 6 heteroatoms. The molecule has 0 aromatic rings. The normalized spacial score (nSPS) is 11.2. The van der Waals surface area contributed by atoms with Gasteiger partial charge in [-0.1, -0.05) is 19.8 Å².